The first kappa shape index (κ1) is 19.8. The van der Waals surface area contributed by atoms with Crippen molar-refractivity contribution in [3.63, 3.8) is 0 Å². The molecular formula is C23H26N4O4. The van der Waals surface area contributed by atoms with E-state index in [0.29, 0.717) is 45.1 Å². The number of hydrogen-bond acceptors (Lipinski definition) is 4. The van der Waals surface area contributed by atoms with Gasteiger partial charge in [0.15, 0.2) is 0 Å². The average Bonchev–Trinajstić information content (AvgIpc) is 3.42. The summed E-state index contributed by atoms with van der Waals surface area (Å²) in [6, 6.07) is 7.98. The molecule has 3 saturated heterocycles. The number of nitrogens with one attached hydrogen (secondary N) is 1. The van der Waals surface area contributed by atoms with Gasteiger partial charge in [0, 0.05) is 19.0 Å². The van der Waals surface area contributed by atoms with E-state index in [0.717, 1.165) is 11.1 Å². The molecule has 0 bridgehead atoms. The van der Waals surface area contributed by atoms with Gasteiger partial charge in [-0.2, -0.15) is 0 Å². The molecule has 0 saturated carbocycles. The molecule has 1 spiro atoms. The first-order valence-electron chi connectivity index (χ1n) is 10.9. The molecule has 4 amide bonds. The summed E-state index contributed by atoms with van der Waals surface area (Å²) in [7, 11) is 0. The molecule has 1 aromatic rings. The number of nitrogens with two attached hydrogens (primary N) is 1. The van der Waals surface area contributed by atoms with Crippen molar-refractivity contribution in [2.24, 2.45) is 5.73 Å². The third kappa shape index (κ3) is 3.04. The Balaban J connectivity index is 1.57. The highest BCUT2D eigenvalue weighted by molar-refractivity contribution is 6.05. The van der Waals surface area contributed by atoms with Crippen molar-refractivity contribution in [2.75, 3.05) is 6.54 Å². The maximum absolute atomic E-state index is 13.9. The van der Waals surface area contributed by atoms with E-state index >= 15 is 0 Å². The number of nitrogens with zero attached hydrogens (tertiary/aromatic N) is 2. The molecule has 162 valence electrons. The lowest BCUT2D eigenvalue weighted by atomic mass is 9.94. The number of fused-ring (bicyclic) bond motifs is 1. The van der Waals surface area contributed by atoms with Crippen molar-refractivity contribution in [3.8, 4) is 0 Å². The first-order chi connectivity index (χ1) is 14.9. The van der Waals surface area contributed by atoms with Gasteiger partial charge in [0.1, 0.15) is 17.6 Å². The molecule has 3 N–H and O–H groups in total. The molecule has 4 aliphatic rings. The van der Waals surface area contributed by atoms with E-state index < -0.39 is 23.5 Å². The molecule has 0 aliphatic carbocycles. The predicted octanol–water partition coefficient (Wildman–Crippen LogP) is 0.568. The van der Waals surface area contributed by atoms with Crippen LogP contribution in [0.3, 0.4) is 0 Å². The minimum Gasteiger partial charge on any atom is -0.368 e. The average molecular weight is 422 g/mol. The highest BCUT2D eigenvalue weighted by atomic mass is 16.2. The Labute approximate surface area is 180 Å². The van der Waals surface area contributed by atoms with E-state index in [1.807, 2.05) is 36.4 Å². The van der Waals surface area contributed by atoms with Crippen molar-refractivity contribution in [3.05, 3.63) is 42.0 Å². The quantitative estimate of drug-likeness (QED) is 0.741. The zero-order chi connectivity index (χ0) is 21.8. The fourth-order valence-electron chi connectivity index (χ4n) is 5.69. The maximum atomic E-state index is 13.9. The fraction of sp³-hybridized carbons (Fsp3) is 0.478. The van der Waals surface area contributed by atoms with E-state index in [1.54, 1.807) is 9.80 Å². The lowest BCUT2D eigenvalue weighted by molar-refractivity contribution is -0.146. The van der Waals surface area contributed by atoms with Gasteiger partial charge in [0.05, 0.1) is 0 Å². The van der Waals surface area contributed by atoms with Crippen LogP contribution in [0.25, 0.3) is 5.57 Å². The van der Waals surface area contributed by atoms with Gasteiger partial charge < -0.3 is 20.9 Å². The molecule has 1 aromatic carbocycles. The fourth-order valence-corrected chi connectivity index (χ4v) is 5.69. The van der Waals surface area contributed by atoms with Gasteiger partial charge >= 0.3 is 0 Å². The van der Waals surface area contributed by atoms with Gasteiger partial charge in [-0.3, -0.25) is 19.2 Å². The zero-order valence-corrected chi connectivity index (χ0v) is 17.3. The molecule has 4 aliphatic heterocycles. The second-order valence-corrected chi connectivity index (χ2v) is 8.94. The Morgan fingerprint density at radius 1 is 1.10 bits per heavy atom. The molecule has 4 atom stereocenters. The number of rotatable bonds is 3. The van der Waals surface area contributed by atoms with E-state index in [-0.39, 0.29) is 23.8 Å². The van der Waals surface area contributed by atoms with Crippen LogP contribution in [0, 0.1) is 0 Å². The third-order valence-electron chi connectivity index (χ3n) is 7.25. The lowest BCUT2D eigenvalue weighted by Crippen LogP contribution is -2.57. The number of benzene rings is 1. The summed E-state index contributed by atoms with van der Waals surface area (Å²) >= 11 is 0. The van der Waals surface area contributed by atoms with Gasteiger partial charge in [-0.15, -0.1) is 0 Å². The van der Waals surface area contributed by atoms with E-state index in [9.17, 15) is 19.2 Å². The van der Waals surface area contributed by atoms with Crippen molar-refractivity contribution in [1.29, 1.82) is 0 Å². The Hall–Kier alpha value is -3.16. The molecule has 1 unspecified atom stereocenters. The zero-order valence-electron chi connectivity index (χ0n) is 17.3. The highest BCUT2D eigenvalue weighted by Crippen LogP contribution is 2.40. The Morgan fingerprint density at radius 2 is 1.87 bits per heavy atom. The van der Waals surface area contributed by atoms with Crippen LogP contribution in [0.5, 0.6) is 0 Å². The Kier molecular flexibility index (Phi) is 4.60. The summed E-state index contributed by atoms with van der Waals surface area (Å²) in [5.41, 5.74) is 6.36. The molecule has 8 heteroatoms. The summed E-state index contributed by atoms with van der Waals surface area (Å²) in [5, 5.41) is 2.86. The summed E-state index contributed by atoms with van der Waals surface area (Å²) in [5.74, 6) is -1.11. The molecule has 8 nitrogen and oxygen atoms in total. The molecule has 5 rings (SSSR count). The van der Waals surface area contributed by atoms with Crippen LogP contribution in [0.1, 0.15) is 44.1 Å². The topological polar surface area (TPSA) is 113 Å². The van der Waals surface area contributed by atoms with Crippen molar-refractivity contribution < 1.29 is 19.2 Å². The van der Waals surface area contributed by atoms with Crippen LogP contribution >= 0.6 is 0 Å². The van der Waals surface area contributed by atoms with Crippen LogP contribution in [0.15, 0.2) is 36.4 Å². The normalized spacial score (nSPS) is 32.8. The van der Waals surface area contributed by atoms with Gasteiger partial charge in [0.25, 0.3) is 5.91 Å². The van der Waals surface area contributed by atoms with Crippen molar-refractivity contribution in [2.45, 2.75) is 62.2 Å². The first-order valence-corrected chi connectivity index (χ1v) is 10.9. The van der Waals surface area contributed by atoms with Gasteiger partial charge in [-0.05, 0) is 43.2 Å². The van der Waals surface area contributed by atoms with Crippen molar-refractivity contribution >= 4 is 29.2 Å². The summed E-state index contributed by atoms with van der Waals surface area (Å²) in [6.45, 7) is 0.374. The van der Waals surface area contributed by atoms with Crippen molar-refractivity contribution in [1.82, 2.24) is 15.1 Å². The van der Waals surface area contributed by atoms with Crippen LogP contribution in [0.2, 0.25) is 0 Å². The molecule has 0 radical (unpaired) electrons. The Morgan fingerprint density at radius 3 is 2.55 bits per heavy atom. The number of carbonyl (C=O) groups is 4. The van der Waals surface area contributed by atoms with Gasteiger partial charge in [0.2, 0.25) is 17.7 Å². The standard InChI is InChI=1S/C23H26N4O4/c24-20(29)17-9-7-15-6-8-16(14-4-2-1-3-5-14)19(21(30)27(15)17)26-13-12-23(22(26)31)11-10-18(28)25-23/h1-5,8,15,17,19H,6-7,9-13H2,(H2,24,29)(H,25,28)/t15-,17+,19?,23-/m1/s1. The lowest BCUT2D eigenvalue weighted by Gasteiger charge is -2.35. The molecular weight excluding hydrogens is 396 g/mol. The SMILES string of the molecule is NC(=O)[C@@H]1CC[C@H]2CC=C(c3ccccc3)C(N3CC[C@]4(CCC(=O)N4)C3=O)C(=O)N21. The second-order valence-electron chi connectivity index (χ2n) is 8.94. The smallest absolute Gasteiger partial charge is 0.250 e. The highest BCUT2D eigenvalue weighted by Gasteiger charge is 2.55. The minimum absolute atomic E-state index is 0.105. The molecule has 31 heavy (non-hydrogen) atoms. The molecule has 0 aromatic heterocycles. The summed E-state index contributed by atoms with van der Waals surface area (Å²) < 4.78 is 0. The molecule has 4 heterocycles. The third-order valence-corrected chi connectivity index (χ3v) is 7.25. The number of amides is 4. The van der Waals surface area contributed by atoms with Gasteiger partial charge in [-0.25, -0.2) is 0 Å². The number of likely N-dealkylation sites (tertiary alicyclic amines) is 1. The second kappa shape index (κ2) is 7.21. The van der Waals surface area contributed by atoms with E-state index in [2.05, 4.69) is 5.32 Å². The van der Waals surface area contributed by atoms with Crippen LogP contribution in [-0.2, 0) is 19.2 Å². The number of hydrogen-bond donors (Lipinski definition) is 2. The molecule has 3 fully saturated rings. The monoisotopic (exact) mass is 422 g/mol. The largest absolute Gasteiger partial charge is 0.368 e. The van der Waals surface area contributed by atoms with E-state index in [4.69, 9.17) is 5.73 Å². The maximum Gasteiger partial charge on any atom is 0.250 e. The summed E-state index contributed by atoms with van der Waals surface area (Å²) in [4.78, 5) is 54.6. The number of carbonyl (C=O) groups excluding carboxylic acids is 4. The summed E-state index contributed by atoms with van der Waals surface area (Å²) in [6.07, 6.45) is 5.14. The Bertz CT molecular complexity index is 991. The predicted molar refractivity (Wildman–Crippen MR) is 112 cm³/mol. The van der Waals surface area contributed by atoms with Crippen LogP contribution in [0.4, 0.5) is 0 Å². The van der Waals surface area contributed by atoms with E-state index in [1.165, 1.54) is 0 Å². The minimum atomic E-state index is -0.918. The van der Waals surface area contributed by atoms with Crippen LogP contribution in [-0.4, -0.2) is 63.6 Å². The number of primary amides is 1. The van der Waals surface area contributed by atoms with Crippen LogP contribution < -0.4 is 11.1 Å². The van der Waals surface area contributed by atoms with Gasteiger partial charge in [-0.1, -0.05) is 36.4 Å².